The molecule has 0 radical (unpaired) electrons. The van der Waals surface area contributed by atoms with E-state index in [0.29, 0.717) is 16.6 Å². The third-order valence-corrected chi connectivity index (χ3v) is 4.07. The van der Waals surface area contributed by atoms with Crippen molar-refractivity contribution in [3.63, 3.8) is 0 Å². The minimum Gasteiger partial charge on any atom is -0.293 e. The number of benzene rings is 2. The van der Waals surface area contributed by atoms with Crippen LogP contribution in [-0.2, 0) is 0 Å². The highest BCUT2D eigenvalue weighted by Crippen LogP contribution is 2.20. The van der Waals surface area contributed by atoms with Gasteiger partial charge in [0.2, 0.25) is 5.95 Å². The normalized spacial score (nSPS) is 10.8. The molecule has 0 unspecified atom stereocenters. The van der Waals surface area contributed by atoms with Crippen LogP contribution in [0.3, 0.4) is 0 Å². The van der Waals surface area contributed by atoms with Gasteiger partial charge in [0, 0.05) is 8.95 Å². The monoisotopic (exact) mass is 408 g/mol. The maximum Gasteiger partial charge on any atom is 0.267 e. The first-order chi connectivity index (χ1) is 10.1. The fourth-order valence-corrected chi connectivity index (χ4v) is 2.71. The first-order valence-corrected chi connectivity index (χ1v) is 7.63. The predicted molar refractivity (Wildman–Crippen MR) is 90.6 cm³/mol. The van der Waals surface area contributed by atoms with Crippen LogP contribution in [-0.4, -0.2) is 9.55 Å². The second-order valence-electron chi connectivity index (χ2n) is 4.36. The minimum absolute atomic E-state index is 0.184. The number of anilines is 1. The van der Waals surface area contributed by atoms with Crippen LogP contribution in [0.1, 0.15) is 0 Å². The van der Waals surface area contributed by atoms with Gasteiger partial charge < -0.3 is 0 Å². The Balaban J connectivity index is 2.37. The number of fused-ring (bicyclic) bond motifs is 1. The number of aromatic nitrogens is 2. The molecule has 3 aromatic rings. The van der Waals surface area contributed by atoms with Gasteiger partial charge in [0.15, 0.2) is 0 Å². The number of hydrogen-bond donors (Lipinski definition) is 2. The molecule has 0 atom stereocenters. The van der Waals surface area contributed by atoms with Gasteiger partial charge in [0.05, 0.1) is 16.6 Å². The van der Waals surface area contributed by atoms with Gasteiger partial charge in [0.1, 0.15) is 0 Å². The Bertz CT molecular complexity index is 875. The van der Waals surface area contributed by atoms with Crippen molar-refractivity contribution >= 4 is 48.7 Å². The van der Waals surface area contributed by atoms with E-state index in [2.05, 4.69) is 42.3 Å². The summed E-state index contributed by atoms with van der Waals surface area (Å²) in [5.41, 5.74) is 3.57. The van der Waals surface area contributed by atoms with E-state index in [4.69, 9.17) is 5.84 Å². The fourth-order valence-electron chi connectivity index (χ4n) is 2.08. The third kappa shape index (κ3) is 2.59. The smallest absolute Gasteiger partial charge is 0.267 e. The second kappa shape index (κ2) is 5.59. The molecule has 3 N–H and O–H groups in total. The maximum absolute atomic E-state index is 12.7. The molecule has 0 aliphatic heterocycles. The summed E-state index contributed by atoms with van der Waals surface area (Å²) in [6.07, 6.45) is 0. The molecule has 0 amide bonds. The van der Waals surface area contributed by atoms with E-state index in [-0.39, 0.29) is 11.5 Å². The lowest BCUT2D eigenvalue weighted by molar-refractivity contribution is 0.955. The zero-order valence-electron chi connectivity index (χ0n) is 10.7. The average molecular weight is 410 g/mol. The van der Waals surface area contributed by atoms with Crippen LogP contribution >= 0.6 is 31.9 Å². The lowest BCUT2D eigenvalue weighted by Gasteiger charge is -2.12. The first kappa shape index (κ1) is 14.2. The number of rotatable bonds is 2. The van der Waals surface area contributed by atoms with Crippen molar-refractivity contribution in [1.29, 1.82) is 0 Å². The molecule has 1 aromatic heterocycles. The summed E-state index contributed by atoms with van der Waals surface area (Å²) in [6.45, 7) is 0. The lowest BCUT2D eigenvalue weighted by Crippen LogP contribution is -2.26. The standard InChI is InChI=1S/C14H10Br2N4O/c15-8-1-4-10(5-2-8)20-13(21)11-7-9(16)3-6-12(11)18-14(20)19-17/h1-7H,17H2,(H,18,19). The maximum atomic E-state index is 12.7. The molecular weight excluding hydrogens is 400 g/mol. The molecule has 3 rings (SSSR count). The predicted octanol–water partition coefficient (Wildman–Crippen LogP) is 3.20. The molecule has 1 heterocycles. The zero-order valence-corrected chi connectivity index (χ0v) is 13.8. The van der Waals surface area contributed by atoms with Crippen LogP contribution in [0.2, 0.25) is 0 Å². The van der Waals surface area contributed by atoms with E-state index in [1.54, 1.807) is 12.1 Å². The second-order valence-corrected chi connectivity index (χ2v) is 6.19. The SMILES string of the molecule is NNc1nc2ccc(Br)cc2c(=O)n1-c1ccc(Br)cc1. The molecule has 5 nitrogen and oxygen atoms in total. The summed E-state index contributed by atoms with van der Waals surface area (Å²) in [7, 11) is 0. The highest BCUT2D eigenvalue weighted by molar-refractivity contribution is 9.10. The number of nitrogens with one attached hydrogen (secondary N) is 1. The summed E-state index contributed by atoms with van der Waals surface area (Å²) < 4.78 is 3.20. The minimum atomic E-state index is -0.184. The Labute approximate surface area is 137 Å². The molecule has 0 aliphatic carbocycles. The van der Waals surface area contributed by atoms with E-state index in [9.17, 15) is 4.79 Å². The third-order valence-electron chi connectivity index (χ3n) is 3.04. The fraction of sp³-hybridized carbons (Fsp3) is 0. The summed E-state index contributed by atoms with van der Waals surface area (Å²) in [6, 6.07) is 12.7. The van der Waals surface area contributed by atoms with Gasteiger partial charge in [-0.05, 0) is 42.5 Å². The van der Waals surface area contributed by atoms with Gasteiger partial charge >= 0.3 is 0 Å². The molecule has 2 aromatic carbocycles. The highest BCUT2D eigenvalue weighted by atomic mass is 79.9. The molecule has 0 aliphatic rings. The number of nitrogens with zero attached hydrogens (tertiary/aromatic N) is 2. The van der Waals surface area contributed by atoms with E-state index in [1.165, 1.54) is 4.57 Å². The first-order valence-electron chi connectivity index (χ1n) is 6.05. The largest absolute Gasteiger partial charge is 0.293 e. The molecule has 0 fully saturated rings. The zero-order chi connectivity index (χ0) is 15.0. The van der Waals surface area contributed by atoms with Crippen LogP contribution in [0.5, 0.6) is 0 Å². The molecule has 7 heteroatoms. The summed E-state index contributed by atoms with van der Waals surface area (Å²) in [5, 5.41) is 0.520. The van der Waals surface area contributed by atoms with Crippen LogP contribution < -0.4 is 16.8 Å². The number of nitrogen functional groups attached to an aromatic ring is 1. The van der Waals surface area contributed by atoms with E-state index >= 15 is 0 Å². The van der Waals surface area contributed by atoms with Crippen molar-refractivity contribution in [2.24, 2.45) is 5.84 Å². The molecule has 0 spiro atoms. The van der Waals surface area contributed by atoms with Crippen LogP contribution in [0.4, 0.5) is 5.95 Å². The van der Waals surface area contributed by atoms with Crippen LogP contribution in [0, 0.1) is 0 Å². The number of halogens is 2. The molecular formula is C14H10Br2N4O. The van der Waals surface area contributed by atoms with Gasteiger partial charge in [-0.25, -0.2) is 15.4 Å². The van der Waals surface area contributed by atoms with Gasteiger partial charge in [-0.2, -0.15) is 0 Å². The summed E-state index contributed by atoms with van der Waals surface area (Å²) in [4.78, 5) is 17.1. The van der Waals surface area contributed by atoms with Crippen LogP contribution in [0.25, 0.3) is 16.6 Å². The number of nitrogens with two attached hydrogens (primary N) is 1. The number of hydrogen-bond acceptors (Lipinski definition) is 4. The molecule has 0 saturated carbocycles. The Morgan fingerprint density at radius 1 is 1.05 bits per heavy atom. The van der Waals surface area contributed by atoms with Crippen molar-refractivity contribution in [3.8, 4) is 5.69 Å². The Morgan fingerprint density at radius 2 is 1.71 bits per heavy atom. The van der Waals surface area contributed by atoms with Gasteiger partial charge in [-0.1, -0.05) is 31.9 Å². The van der Waals surface area contributed by atoms with Crippen molar-refractivity contribution in [1.82, 2.24) is 9.55 Å². The average Bonchev–Trinajstić information content (AvgIpc) is 2.49. The van der Waals surface area contributed by atoms with Gasteiger partial charge in [-0.15, -0.1) is 0 Å². The van der Waals surface area contributed by atoms with Crippen molar-refractivity contribution in [2.45, 2.75) is 0 Å². The Morgan fingerprint density at radius 3 is 2.38 bits per heavy atom. The lowest BCUT2D eigenvalue weighted by atomic mass is 10.2. The van der Waals surface area contributed by atoms with Gasteiger partial charge in [0.25, 0.3) is 5.56 Å². The van der Waals surface area contributed by atoms with E-state index in [0.717, 1.165) is 8.95 Å². The van der Waals surface area contributed by atoms with Crippen LogP contribution in [0.15, 0.2) is 56.2 Å². The van der Waals surface area contributed by atoms with Crippen molar-refractivity contribution < 1.29 is 0 Å². The Kier molecular flexibility index (Phi) is 3.79. The molecule has 106 valence electrons. The topological polar surface area (TPSA) is 72.9 Å². The number of hydrazine groups is 1. The molecule has 21 heavy (non-hydrogen) atoms. The van der Waals surface area contributed by atoms with Crippen molar-refractivity contribution in [2.75, 3.05) is 5.43 Å². The van der Waals surface area contributed by atoms with Gasteiger partial charge in [-0.3, -0.25) is 10.2 Å². The van der Waals surface area contributed by atoms with E-state index in [1.807, 2.05) is 30.3 Å². The highest BCUT2D eigenvalue weighted by Gasteiger charge is 2.12. The quantitative estimate of drug-likeness (QED) is 0.503. The molecule has 0 saturated heterocycles. The van der Waals surface area contributed by atoms with Crippen molar-refractivity contribution in [3.05, 3.63) is 61.8 Å². The van der Waals surface area contributed by atoms with E-state index < -0.39 is 0 Å². The summed E-state index contributed by atoms with van der Waals surface area (Å²) in [5.74, 6) is 5.81. The molecule has 0 bridgehead atoms. The summed E-state index contributed by atoms with van der Waals surface area (Å²) >= 11 is 6.74. The Hall–Kier alpha value is -1.70.